The minimum absolute atomic E-state index is 0.0393. The number of fused-ring (bicyclic) bond motifs is 2. The van der Waals surface area contributed by atoms with Crippen LogP contribution >= 0.6 is 0 Å². The molecule has 1 aliphatic heterocycles. The minimum Gasteiger partial charge on any atom is -0.490 e. The van der Waals surface area contributed by atoms with Gasteiger partial charge in [-0.25, -0.2) is 4.98 Å². The maximum atomic E-state index is 13.9. The molecule has 4 aromatic rings. The molecule has 0 radical (unpaired) electrons. The SMILES string of the molecule is CCCOc1ccc(C2c3c(oc4cc(C)c(C)cc4c3=O)C(=O)N2c2ccc(C)cn2)cc1OCC. The van der Waals surface area contributed by atoms with Crippen molar-refractivity contribution < 1.29 is 18.7 Å². The highest BCUT2D eigenvalue weighted by Crippen LogP contribution is 2.43. The fourth-order valence-corrected chi connectivity index (χ4v) is 4.68. The van der Waals surface area contributed by atoms with E-state index in [1.807, 2.05) is 71.0 Å². The molecule has 1 unspecified atom stereocenters. The van der Waals surface area contributed by atoms with Crippen LogP contribution in [-0.2, 0) is 0 Å². The number of aryl methyl sites for hydroxylation is 3. The van der Waals surface area contributed by atoms with Gasteiger partial charge in [-0.2, -0.15) is 0 Å². The first-order chi connectivity index (χ1) is 17.8. The molecular formula is C30H30N2O5. The number of hydrogen-bond acceptors (Lipinski definition) is 6. The molecule has 3 heterocycles. The number of carbonyl (C=O) groups excluding carboxylic acids is 1. The summed E-state index contributed by atoms with van der Waals surface area (Å²) in [5, 5.41) is 0.450. The monoisotopic (exact) mass is 498 g/mol. The van der Waals surface area contributed by atoms with E-state index >= 15 is 0 Å². The molecule has 7 nitrogen and oxygen atoms in total. The van der Waals surface area contributed by atoms with Gasteiger partial charge in [0.25, 0.3) is 5.91 Å². The molecule has 1 amide bonds. The van der Waals surface area contributed by atoms with Crippen molar-refractivity contribution in [3.8, 4) is 11.5 Å². The average Bonchev–Trinajstić information content (AvgIpc) is 3.17. The smallest absolute Gasteiger partial charge is 0.296 e. The molecule has 1 atom stereocenters. The van der Waals surface area contributed by atoms with Gasteiger partial charge in [-0.3, -0.25) is 14.5 Å². The Bertz CT molecular complexity index is 1560. The summed E-state index contributed by atoms with van der Waals surface area (Å²) in [7, 11) is 0. The van der Waals surface area contributed by atoms with E-state index in [1.165, 1.54) is 4.90 Å². The predicted octanol–water partition coefficient (Wildman–Crippen LogP) is 6.05. The normalized spacial score (nSPS) is 14.8. The lowest BCUT2D eigenvalue weighted by Crippen LogP contribution is -2.30. The van der Waals surface area contributed by atoms with Crippen LogP contribution in [0.1, 0.15) is 64.7 Å². The van der Waals surface area contributed by atoms with E-state index in [0.29, 0.717) is 52.6 Å². The van der Waals surface area contributed by atoms with Crippen molar-refractivity contribution in [2.75, 3.05) is 18.1 Å². The Balaban J connectivity index is 1.76. The summed E-state index contributed by atoms with van der Waals surface area (Å²) in [5.74, 6) is 1.25. The maximum absolute atomic E-state index is 13.9. The Morgan fingerprint density at radius 2 is 1.73 bits per heavy atom. The summed E-state index contributed by atoms with van der Waals surface area (Å²) in [6.07, 6.45) is 2.56. The maximum Gasteiger partial charge on any atom is 0.296 e. The van der Waals surface area contributed by atoms with Crippen molar-refractivity contribution in [1.29, 1.82) is 0 Å². The summed E-state index contributed by atoms with van der Waals surface area (Å²) >= 11 is 0. The molecule has 37 heavy (non-hydrogen) atoms. The topological polar surface area (TPSA) is 81.9 Å². The van der Waals surface area contributed by atoms with Crippen LogP contribution < -0.4 is 19.8 Å². The first-order valence-electron chi connectivity index (χ1n) is 12.6. The number of aromatic nitrogens is 1. The fraction of sp³-hybridized carbons (Fsp3) is 0.300. The van der Waals surface area contributed by atoms with E-state index < -0.39 is 11.9 Å². The first-order valence-corrected chi connectivity index (χ1v) is 12.6. The Labute approximate surface area is 215 Å². The van der Waals surface area contributed by atoms with Crippen molar-refractivity contribution in [3.63, 3.8) is 0 Å². The summed E-state index contributed by atoms with van der Waals surface area (Å²) in [6.45, 7) is 10.8. The van der Waals surface area contributed by atoms with Crippen LogP contribution in [0.15, 0.2) is 57.9 Å². The zero-order valence-corrected chi connectivity index (χ0v) is 21.8. The summed E-state index contributed by atoms with van der Waals surface area (Å²) in [6, 6.07) is 12.1. The molecule has 0 saturated heterocycles. The number of nitrogens with zero attached hydrogens (tertiary/aromatic N) is 2. The number of anilines is 1. The zero-order chi connectivity index (χ0) is 26.3. The van der Waals surface area contributed by atoms with Gasteiger partial charge in [0.05, 0.1) is 30.2 Å². The Hall–Kier alpha value is -4.13. The van der Waals surface area contributed by atoms with E-state index in [1.54, 1.807) is 12.3 Å². The lowest BCUT2D eigenvalue weighted by Gasteiger charge is -2.25. The molecule has 5 rings (SSSR count). The number of pyridine rings is 1. The third-order valence-corrected chi connectivity index (χ3v) is 6.67. The highest BCUT2D eigenvalue weighted by molar-refractivity contribution is 6.10. The van der Waals surface area contributed by atoms with Gasteiger partial charge in [0.1, 0.15) is 11.4 Å². The number of ether oxygens (including phenoxy) is 2. The highest BCUT2D eigenvalue weighted by Gasteiger charge is 2.44. The quantitative estimate of drug-likeness (QED) is 0.308. The molecule has 2 aromatic carbocycles. The molecule has 0 fully saturated rings. The second-order valence-corrected chi connectivity index (χ2v) is 9.37. The van der Waals surface area contributed by atoms with Gasteiger partial charge in [-0.15, -0.1) is 0 Å². The Morgan fingerprint density at radius 1 is 0.946 bits per heavy atom. The number of benzene rings is 2. The van der Waals surface area contributed by atoms with Crippen LogP contribution in [0.2, 0.25) is 0 Å². The van der Waals surface area contributed by atoms with Crippen molar-refractivity contribution in [1.82, 2.24) is 4.98 Å². The van der Waals surface area contributed by atoms with E-state index in [-0.39, 0.29) is 11.2 Å². The third-order valence-electron chi connectivity index (χ3n) is 6.67. The van der Waals surface area contributed by atoms with Crippen molar-refractivity contribution in [2.45, 2.75) is 47.1 Å². The van der Waals surface area contributed by atoms with Crippen LogP contribution in [0.4, 0.5) is 5.82 Å². The van der Waals surface area contributed by atoms with Gasteiger partial charge in [0.15, 0.2) is 16.9 Å². The Kier molecular flexibility index (Phi) is 6.46. The van der Waals surface area contributed by atoms with Crippen LogP contribution in [0, 0.1) is 20.8 Å². The van der Waals surface area contributed by atoms with Gasteiger partial charge in [0.2, 0.25) is 5.76 Å². The third kappa shape index (κ3) is 4.24. The highest BCUT2D eigenvalue weighted by atomic mass is 16.5. The van der Waals surface area contributed by atoms with Gasteiger partial charge in [0, 0.05) is 6.20 Å². The first kappa shape index (κ1) is 24.6. The number of rotatable bonds is 7. The standard InChI is InChI=1S/C30H30N2O5/c1-6-12-36-22-10-9-20(15-24(22)35-7-2)27-26-28(33)21-13-18(4)19(5)14-23(21)37-29(26)30(34)32(27)25-11-8-17(3)16-31-25/h8-11,13-16,27H,6-7,12H2,1-5H3. The van der Waals surface area contributed by atoms with Crippen molar-refractivity contribution in [2.24, 2.45) is 0 Å². The molecule has 7 heteroatoms. The molecule has 0 aliphatic carbocycles. The van der Waals surface area contributed by atoms with Crippen LogP contribution in [0.25, 0.3) is 11.0 Å². The average molecular weight is 499 g/mol. The molecule has 0 bridgehead atoms. The minimum atomic E-state index is -0.737. The van der Waals surface area contributed by atoms with Crippen LogP contribution in [-0.4, -0.2) is 24.1 Å². The number of hydrogen-bond donors (Lipinski definition) is 0. The summed E-state index contributed by atoms with van der Waals surface area (Å²) in [4.78, 5) is 33.8. The number of carbonyl (C=O) groups is 1. The van der Waals surface area contributed by atoms with E-state index in [2.05, 4.69) is 4.98 Å². The summed E-state index contributed by atoms with van der Waals surface area (Å²) in [5.41, 5.74) is 4.11. The summed E-state index contributed by atoms with van der Waals surface area (Å²) < 4.78 is 17.9. The molecule has 2 aromatic heterocycles. The molecule has 0 N–H and O–H groups in total. The second-order valence-electron chi connectivity index (χ2n) is 9.37. The van der Waals surface area contributed by atoms with Gasteiger partial charge >= 0.3 is 0 Å². The van der Waals surface area contributed by atoms with Gasteiger partial charge in [-0.05, 0) is 86.7 Å². The van der Waals surface area contributed by atoms with Crippen LogP contribution in [0.3, 0.4) is 0 Å². The largest absolute Gasteiger partial charge is 0.490 e. The van der Waals surface area contributed by atoms with Crippen LogP contribution in [0.5, 0.6) is 11.5 Å². The second kappa shape index (κ2) is 9.73. The zero-order valence-electron chi connectivity index (χ0n) is 21.8. The molecular weight excluding hydrogens is 468 g/mol. The lowest BCUT2D eigenvalue weighted by atomic mass is 9.97. The van der Waals surface area contributed by atoms with E-state index in [0.717, 1.165) is 23.1 Å². The number of amides is 1. The van der Waals surface area contributed by atoms with Crippen molar-refractivity contribution >= 4 is 22.7 Å². The fourth-order valence-electron chi connectivity index (χ4n) is 4.68. The molecule has 0 saturated carbocycles. The predicted molar refractivity (Wildman–Crippen MR) is 143 cm³/mol. The van der Waals surface area contributed by atoms with Gasteiger partial charge < -0.3 is 13.9 Å². The van der Waals surface area contributed by atoms with E-state index in [9.17, 15) is 9.59 Å². The van der Waals surface area contributed by atoms with Gasteiger partial charge in [-0.1, -0.05) is 19.1 Å². The van der Waals surface area contributed by atoms with E-state index in [4.69, 9.17) is 13.9 Å². The molecule has 1 aliphatic rings. The van der Waals surface area contributed by atoms with Crippen molar-refractivity contribution in [3.05, 3.63) is 92.5 Å². The lowest BCUT2D eigenvalue weighted by molar-refractivity contribution is 0.0970. The molecule has 190 valence electrons. The Morgan fingerprint density at radius 3 is 2.43 bits per heavy atom. The molecule has 0 spiro atoms.